The van der Waals surface area contributed by atoms with Gasteiger partial charge in [-0.15, -0.1) is 0 Å². The maximum absolute atomic E-state index is 12.0. The van der Waals surface area contributed by atoms with Crippen molar-refractivity contribution < 1.29 is 14.7 Å². The molecule has 20 heavy (non-hydrogen) atoms. The molecule has 6 heteroatoms. The van der Waals surface area contributed by atoms with E-state index in [9.17, 15) is 9.59 Å². The normalized spacial score (nSPS) is 12.1. The highest BCUT2D eigenvalue weighted by Gasteiger charge is 2.15. The lowest BCUT2D eigenvalue weighted by Crippen LogP contribution is -2.35. The van der Waals surface area contributed by atoms with Crippen LogP contribution in [-0.2, 0) is 4.79 Å². The molecule has 0 saturated carbocycles. The zero-order chi connectivity index (χ0) is 15.3. The Kier molecular flexibility index (Phi) is 5.98. The average molecular weight is 299 g/mol. The lowest BCUT2D eigenvalue weighted by atomic mass is 10.1. The number of carbonyl (C=O) groups is 2. The van der Waals surface area contributed by atoms with Crippen LogP contribution >= 0.6 is 11.6 Å². The van der Waals surface area contributed by atoms with Gasteiger partial charge in [-0.05, 0) is 25.1 Å². The Morgan fingerprint density at radius 1 is 1.30 bits per heavy atom. The van der Waals surface area contributed by atoms with Crippen LogP contribution in [0.4, 0.5) is 5.69 Å². The summed E-state index contributed by atoms with van der Waals surface area (Å²) in [5, 5.41) is 14.5. The number of rotatable bonds is 5. The Morgan fingerprint density at radius 2 is 1.95 bits per heavy atom. The fraction of sp³-hybridized carbons (Fsp3) is 0.429. The molecule has 1 aromatic rings. The molecule has 1 unspecified atom stereocenters. The van der Waals surface area contributed by atoms with Gasteiger partial charge in [0, 0.05) is 17.6 Å². The highest BCUT2D eigenvalue weighted by molar-refractivity contribution is 6.34. The predicted octanol–water partition coefficient (Wildman–Crippen LogP) is 2.05. The van der Waals surface area contributed by atoms with Gasteiger partial charge < -0.3 is 15.7 Å². The molecule has 5 nitrogen and oxygen atoms in total. The van der Waals surface area contributed by atoms with Crippen molar-refractivity contribution in [3.8, 4) is 0 Å². The van der Waals surface area contributed by atoms with Crippen LogP contribution in [0.2, 0.25) is 5.02 Å². The molecule has 1 rings (SSSR count). The van der Waals surface area contributed by atoms with Gasteiger partial charge in [-0.2, -0.15) is 0 Å². The first-order chi connectivity index (χ1) is 9.35. The van der Waals surface area contributed by atoms with E-state index in [4.69, 9.17) is 16.7 Å². The number of aliphatic hydroxyl groups excluding tert-OH is 1. The van der Waals surface area contributed by atoms with Gasteiger partial charge in [-0.3, -0.25) is 9.59 Å². The van der Waals surface area contributed by atoms with Crippen LogP contribution in [-0.4, -0.2) is 29.6 Å². The van der Waals surface area contributed by atoms with Gasteiger partial charge in [0.15, 0.2) is 0 Å². The highest BCUT2D eigenvalue weighted by atomic mass is 35.5. The lowest BCUT2D eigenvalue weighted by Gasteiger charge is -2.13. The molecule has 0 aliphatic rings. The minimum atomic E-state index is -0.391. The van der Waals surface area contributed by atoms with Crippen molar-refractivity contribution in [2.75, 3.05) is 11.9 Å². The van der Waals surface area contributed by atoms with Crippen LogP contribution in [0.25, 0.3) is 0 Å². The molecule has 2 amide bonds. The summed E-state index contributed by atoms with van der Waals surface area (Å²) in [5.41, 5.74) is 0.767. The summed E-state index contributed by atoms with van der Waals surface area (Å²) >= 11 is 5.98. The van der Waals surface area contributed by atoms with E-state index in [2.05, 4.69) is 10.6 Å². The number of hydrogen-bond donors (Lipinski definition) is 3. The number of anilines is 1. The molecule has 3 N–H and O–H groups in total. The quantitative estimate of drug-likeness (QED) is 0.778. The van der Waals surface area contributed by atoms with Gasteiger partial charge in [0.2, 0.25) is 5.91 Å². The number of nitrogens with one attached hydrogen (secondary N) is 2. The maximum Gasteiger partial charge on any atom is 0.253 e. The van der Waals surface area contributed by atoms with E-state index in [0.29, 0.717) is 5.69 Å². The van der Waals surface area contributed by atoms with Crippen molar-refractivity contribution >= 4 is 29.1 Å². The third-order valence-electron chi connectivity index (χ3n) is 2.65. The first kappa shape index (κ1) is 16.5. The number of aliphatic hydroxyl groups is 1. The fourth-order valence-corrected chi connectivity index (χ4v) is 1.61. The Morgan fingerprint density at radius 3 is 2.50 bits per heavy atom. The summed E-state index contributed by atoms with van der Waals surface area (Å²) in [5.74, 6) is -0.683. The van der Waals surface area contributed by atoms with Crippen LogP contribution in [0.5, 0.6) is 0 Å². The molecule has 0 aromatic heterocycles. The van der Waals surface area contributed by atoms with Crippen molar-refractivity contribution in [1.29, 1.82) is 0 Å². The topological polar surface area (TPSA) is 78.4 Å². The maximum atomic E-state index is 12.0. The Balaban J connectivity index is 2.91. The van der Waals surface area contributed by atoms with Crippen LogP contribution in [0.15, 0.2) is 18.2 Å². The third-order valence-corrected chi connectivity index (χ3v) is 2.98. The van der Waals surface area contributed by atoms with E-state index in [1.54, 1.807) is 32.9 Å². The SMILES string of the molecule is CC(CO)NC(=O)c1cc(NC(=O)C(C)C)ccc1Cl. The summed E-state index contributed by atoms with van der Waals surface area (Å²) in [6.07, 6.45) is 0. The average Bonchev–Trinajstić information content (AvgIpc) is 2.40. The number of carbonyl (C=O) groups excluding carboxylic acids is 2. The summed E-state index contributed by atoms with van der Waals surface area (Å²) < 4.78 is 0. The van der Waals surface area contributed by atoms with Crippen molar-refractivity contribution in [2.24, 2.45) is 5.92 Å². The zero-order valence-electron chi connectivity index (χ0n) is 11.7. The molecule has 0 aliphatic heterocycles. The van der Waals surface area contributed by atoms with E-state index in [-0.39, 0.29) is 35.1 Å². The molecule has 0 bridgehead atoms. The highest BCUT2D eigenvalue weighted by Crippen LogP contribution is 2.21. The fourth-order valence-electron chi connectivity index (χ4n) is 1.41. The van der Waals surface area contributed by atoms with Crippen LogP contribution < -0.4 is 10.6 Å². The molecule has 0 radical (unpaired) electrons. The second-order valence-electron chi connectivity index (χ2n) is 4.90. The van der Waals surface area contributed by atoms with Crippen LogP contribution in [0, 0.1) is 5.92 Å². The van der Waals surface area contributed by atoms with E-state index >= 15 is 0 Å². The van der Waals surface area contributed by atoms with Crippen molar-refractivity contribution in [2.45, 2.75) is 26.8 Å². The van der Waals surface area contributed by atoms with Crippen molar-refractivity contribution in [3.05, 3.63) is 28.8 Å². The summed E-state index contributed by atoms with van der Waals surface area (Å²) in [7, 11) is 0. The molecular formula is C14H19ClN2O3. The predicted molar refractivity (Wildman–Crippen MR) is 78.9 cm³/mol. The van der Waals surface area contributed by atoms with Gasteiger partial charge >= 0.3 is 0 Å². The smallest absolute Gasteiger partial charge is 0.253 e. The summed E-state index contributed by atoms with van der Waals surface area (Å²) in [6, 6.07) is 4.33. The van der Waals surface area contributed by atoms with Gasteiger partial charge in [0.05, 0.1) is 17.2 Å². The molecule has 0 heterocycles. The summed E-state index contributed by atoms with van der Waals surface area (Å²) in [6.45, 7) is 5.08. The molecule has 0 fully saturated rings. The first-order valence-electron chi connectivity index (χ1n) is 6.37. The molecular weight excluding hydrogens is 280 g/mol. The van der Waals surface area contributed by atoms with Gasteiger partial charge in [-0.1, -0.05) is 25.4 Å². The molecule has 1 aromatic carbocycles. The van der Waals surface area contributed by atoms with Crippen LogP contribution in [0.3, 0.4) is 0 Å². The first-order valence-corrected chi connectivity index (χ1v) is 6.75. The number of halogens is 1. The van der Waals surface area contributed by atoms with E-state index < -0.39 is 5.91 Å². The van der Waals surface area contributed by atoms with Gasteiger partial charge in [0.1, 0.15) is 0 Å². The molecule has 0 spiro atoms. The third kappa shape index (κ3) is 4.51. The molecule has 110 valence electrons. The number of amides is 2. The van der Waals surface area contributed by atoms with Crippen molar-refractivity contribution in [1.82, 2.24) is 5.32 Å². The molecule has 0 saturated heterocycles. The molecule has 0 aliphatic carbocycles. The van der Waals surface area contributed by atoms with E-state index in [1.165, 1.54) is 6.07 Å². The Labute approximate surface area is 123 Å². The minimum Gasteiger partial charge on any atom is -0.394 e. The Bertz CT molecular complexity index is 503. The van der Waals surface area contributed by atoms with Crippen LogP contribution in [0.1, 0.15) is 31.1 Å². The number of benzene rings is 1. The minimum absolute atomic E-state index is 0.137. The second-order valence-corrected chi connectivity index (χ2v) is 5.30. The van der Waals surface area contributed by atoms with Gasteiger partial charge in [0.25, 0.3) is 5.91 Å². The lowest BCUT2D eigenvalue weighted by molar-refractivity contribution is -0.118. The summed E-state index contributed by atoms with van der Waals surface area (Å²) in [4.78, 5) is 23.6. The monoisotopic (exact) mass is 298 g/mol. The standard InChI is InChI=1S/C14H19ClN2O3/c1-8(2)13(19)17-10-4-5-12(15)11(6-10)14(20)16-9(3)7-18/h4-6,8-9,18H,7H2,1-3H3,(H,16,20)(H,17,19). The van der Waals surface area contributed by atoms with Gasteiger partial charge in [-0.25, -0.2) is 0 Å². The van der Waals surface area contributed by atoms with Crippen molar-refractivity contribution in [3.63, 3.8) is 0 Å². The number of hydrogen-bond acceptors (Lipinski definition) is 3. The second kappa shape index (κ2) is 7.26. The molecule has 1 atom stereocenters. The zero-order valence-corrected chi connectivity index (χ0v) is 12.5. The van der Waals surface area contributed by atoms with E-state index in [0.717, 1.165) is 0 Å². The Hall–Kier alpha value is -1.59. The van der Waals surface area contributed by atoms with E-state index in [1.807, 2.05) is 0 Å². The largest absolute Gasteiger partial charge is 0.394 e.